The average molecular weight is 215 g/mol. The lowest BCUT2D eigenvalue weighted by atomic mass is 10.1. The summed E-state index contributed by atoms with van der Waals surface area (Å²) in [5, 5.41) is 8.75. The Kier molecular flexibility index (Phi) is 4.55. The van der Waals surface area contributed by atoms with Crippen molar-refractivity contribution < 1.29 is 19.4 Å². The molecular formula is C10H17NO4. The van der Waals surface area contributed by atoms with Crippen LogP contribution in [0, 0.1) is 5.92 Å². The summed E-state index contributed by atoms with van der Waals surface area (Å²) in [6.45, 7) is 4.16. The van der Waals surface area contributed by atoms with Crippen LogP contribution in [-0.2, 0) is 14.3 Å². The molecule has 15 heavy (non-hydrogen) atoms. The summed E-state index contributed by atoms with van der Waals surface area (Å²) in [6, 6.07) is 0. The molecule has 1 fully saturated rings. The van der Waals surface area contributed by atoms with E-state index in [1.54, 1.807) is 4.90 Å². The molecule has 1 rings (SSSR count). The summed E-state index contributed by atoms with van der Waals surface area (Å²) in [4.78, 5) is 23.6. The van der Waals surface area contributed by atoms with Crippen molar-refractivity contribution in [2.45, 2.75) is 19.8 Å². The molecule has 1 saturated heterocycles. The van der Waals surface area contributed by atoms with E-state index in [9.17, 15) is 9.59 Å². The number of rotatable bonds is 6. The third-order valence-electron chi connectivity index (χ3n) is 2.48. The van der Waals surface area contributed by atoms with Gasteiger partial charge in [-0.3, -0.25) is 9.59 Å². The van der Waals surface area contributed by atoms with Crippen LogP contribution < -0.4 is 0 Å². The highest BCUT2D eigenvalue weighted by Gasteiger charge is 2.33. The van der Waals surface area contributed by atoms with Crippen molar-refractivity contribution in [3.05, 3.63) is 0 Å². The lowest BCUT2D eigenvalue weighted by molar-refractivity contribution is -0.141. The number of aliphatic carboxylic acids is 1. The molecule has 86 valence electrons. The number of carbonyl (C=O) groups is 2. The van der Waals surface area contributed by atoms with Gasteiger partial charge in [-0.25, -0.2) is 0 Å². The maximum Gasteiger partial charge on any atom is 0.308 e. The molecule has 0 aliphatic carbocycles. The van der Waals surface area contributed by atoms with Crippen LogP contribution in [0.4, 0.5) is 0 Å². The molecule has 0 aromatic rings. The Bertz CT molecular complexity index is 242. The van der Waals surface area contributed by atoms with Gasteiger partial charge in [-0.05, 0) is 13.3 Å². The number of likely N-dealkylation sites (tertiary alicyclic amines) is 1. The number of hydrogen-bond donors (Lipinski definition) is 1. The second-order valence-electron chi connectivity index (χ2n) is 3.63. The van der Waals surface area contributed by atoms with Crippen molar-refractivity contribution in [1.82, 2.24) is 4.90 Å². The van der Waals surface area contributed by atoms with Crippen LogP contribution in [0.1, 0.15) is 19.8 Å². The van der Waals surface area contributed by atoms with Crippen molar-refractivity contribution in [3.63, 3.8) is 0 Å². The van der Waals surface area contributed by atoms with Crippen LogP contribution in [0.3, 0.4) is 0 Å². The van der Waals surface area contributed by atoms with Crippen molar-refractivity contribution in [2.24, 2.45) is 5.92 Å². The van der Waals surface area contributed by atoms with E-state index in [2.05, 4.69) is 0 Å². The van der Waals surface area contributed by atoms with E-state index in [0.29, 0.717) is 26.3 Å². The van der Waals surface area contributed by atoms with Gasteiger partial charge >= 0.3 is 5.97 Å². The SMILES string of the molecule is CCOCCCN1C[C@@H](C(=O)O)CC1=O. The Labute approximate surface area is 89.0 Å². The van der Waals surface area contributed by atoms with Crippen LogP contribution in [0.5, 0.6) is 0 Å². The average Bonchev–Trinajstić information content (AvgIpc) is 2.55. The summed E-state index contributed by atoms with van der Waals surface area (Å²) >= 11 is 0. The van der Waals surface area contributed by atoms with Crippen molar-refractivity contribution >= 4 is 11.9 Å². The topological polar surface area (TPSA) is 66.8 Å². The van der Waals surface area contributed by atoms with Crippen molar-refractivity contribution in [2.75, 3.05) is 26.3 Å². The summed E-state index contributed by atoms with van der Waals surface area (Å²) in [5.74, 6) is -1.46. The van der Waals surface area contributed by atoms with Crippen LogP contribution >= 0.6 is 0 Å². The zero-order valence-corrected chi connectivity index (χ0v) is 8.94. The first-order valence-corrected chi connectivity index (χ1v) is 5.23. The smallest absolute Gasteiger partial charge is 0.308 e. The maximum absolute atomic E-state index is 11.4. The molecule has 0 aromatic heterocycles. The second-order valence-corrected chi connectivity index (χ2v) is 3.63. The molecule has 0 unspecified atom stereocenters. The van der Waals surface area contributed by atoms with Crippen LogP contribution in [-0.4, -0.2) is 48.2 Å². The number of amides is 1. The van der Waals surface area contributed by atoms with Gasteiger partial charge in [0.2, 0.25) is 5.91 Å². The molecule has 0 radical (unpaired) electrons. The van der Waals surface area contributed by atoms with E-state index in [1.165, 1.54) is 0 Å². The summed E-state index contributed by atoms with van der Waals surface area (Å²) in [7, 11) is 0. The summed E-state index contributed by atoms with van der Waals surface area (Å²) in [6.07, 6.45) is 0.913. The quantitative estimate of drug-likeness (QED) is 0.649. The Morgan fingerprint density at radius 2 is 2.40 bits per heavy atom. The molecule has 1 aliphatic rings. The molecule has 5 heteroatoms. The molecule has 0 saturated carbocycles. The molecular weight excluding hydrogens is 198 g/mol. The number of ether oxygens (including phenoxy) is 1. The predicted octanol–water partition coefficient (Wildman–Crippen LogP) is 0.346. The minimum absolute atomic E-state index is 0.0566. The van der Waals surface area contributed by atoms with Gasteiger partial charge < -0.3 is 14.7 Å². The third-order valence-corrected chi connectivity index (χ3v) is 2.48. The van der Waals surface area contributed by atoms with Gasteiger partial charge in [0.1, 0.15) is 0 Å². The number of nitrogens with zero attached hydrogens (tertiary/aromatic N) is 1. The number of hydrogen-bond acceptors (Lipinski definition) is 3. The number of carboxylic acid groups (broad SMARTS) is 1. The van der Waals surface area contributed by atoms with Gasteiger partial charge in [-0.2, -0.15) is 0 Å². The first-order chi connectivity index (χ1) is 7.15. The van der Waals surface area contributed by atoms with E-state index in [0.717, 1.165) is 6.42 Å². The Hall–Kier alpha value is -1.10. The van der Waals surface area contributed by atoms with Crippen molar-refractivity contribution in [1.29, 1.82) is 0 Å². The molecule has 1 amide bonds. The first-order valence-electron chi connectivity index (χ1n) is 5.23. The Balaban J connectivity index is 2.25. The predicted molar refractivity (Wildman–Crippen MR) is 53.4 cm³/mol. The zero-order chi connectivity index (χ0) is 11.3. The third kappa shape index (κ3) is 3.51. The van der Waals surface area contributed by atoms with Gasteiger partial charge in [-0.15, -0.1) is 0 Å². The van der Waals surface area contributed by atoms with E-state index < -0.39 is 11.9 Å². The largest absolute Gasteiger partial charge is 0.481 e. The fourth-order valence-electron chi connectivity index (χ4n) is 1.66. The van der Waals surface area contributed by atoms with Crippen molar-refractivity contribution in [3.8, 4) is 0 Å². The van der Waals surface area contributed by atoms with E-state index in [-0.39, 0.29) is 12.3 Å². The molecule has 5 nitrogen and oxygen atoms in total. The molecule has 0 aromatic carbocycles. The van der Waals surface area contributed by atoms with Gasteiger partial charge in [-0.1, -0.05) is 0 Å². The van der Waals surface area contributed by atoms with Crippen LogP contribution in [0.15, 0.2) is 0 Å². The minimum atomic E-state index is -0.879. The van der Waals surface area contributed by atoms with Gasteiger partial charge in [0, 0.05) is 32.7 Å². The van der Waals surface area contributed by atoms with Gasteiger partial charge in [0.05, 0.1) is 5.92 Å². The van der Waals surface area contributed by atoms with Gasteiger partial charge in [0.25, 0.3) is 0 Å². The van der Waals surface area contributed by atoms with Crippen LogP contribution in [0.2, 0.25) is 0 Å². The lowest BCUT2D eigenvalue weighted by Crippen LogP contribution is -2.28. The fraction of sp³-hybridized carbons (Fsp3) is 0.800. The van der Waals surface area contributed by atoms with E-state index >= 15 is 0 Å². The number of carboxylic acids is 1. The van der Waals surface area contributed by atoms with E-state index in [4.69, 9.17) is 9.84 Å². The monoisotopic (exact) mass is 215 g/mol. The Morgan fingerprint density at radius 1 is 1.67 bits per heavy atom. The highest BCUT2D eigenvalue weighted by Crippen LogP contribution is 2.17. The molecule has 1 atom stereocenters. The van der Waals surface area contributed by atoms with Crippen LogP contribution in [0.25, 0.3) is 0 Å². The maximum atomic E-state index is 11.4. The highest BCUT2D eigenvalue weighted by atomic mass is 16.5. The normalized spacial score (nSPS) is 21.0. The Morgan fingerprint density at radius 3 is 2.93 bits per heavy atom. The second kappa shape index (κ2) is 5.70. The lowest BCUT2D eigenvalue weighted by Gasteiger charge is -2.15. The summed E-state index contributed by atoms with van der Waals surface area (Å²) < 4.78 is 5.15. The summed E-state index contributed by atoms with van der Waals surface area (Å²) in [5.41, 5.74) is 0. The number of carbonyl (C=O) groups excluding carboxylic acids is 1. The molecule has 1 aliphatic heterocycles. The van der Waals surface area contributed by atoms with Gasteiger partial charge in [0.15, 0.2) is 0 Å². The fourth-order valence-corrected chi connectivity index (χ4v) is 1.66. The molecule has 1 N–H and O–H groups in total. The zero-order valence-electron chi connectivity index (χ0n) is 8.94. The standard InChI is InChI=1S/C10H17NO4/c1-2-15-5-3-4-11-7-8(10(13)14)6-9(11)12/h8H,2-7H2,1H3,(H,13,14)/t8-/m0/s1. The minimum Gasteiger partial charge on any atom is -0.481 e. The highest BCUT2D eigenvalue weighted by molar-refractivity contribution is 5.86. The molecule has 0 bridgehead atoms. The molecule has 1 heterocycles. The van der Waals surface area contributed by atoms with E-state index in [1.807, 2.05) is 6.92 Å². The first kappa shape index (κ1) is 12.0. The molecule has 0 spiro atoms.